The maximum Gasteiger partial charge on any atom is 0.108 e. The number of hydrogen-bond donors (Lipinski definition) is 1. The van der Waals surface area contributed by atoms with Gasteiger partial charge in [0.2, 0.25) is 0 Å². The highest BCUT2D eigenvalue weighted by Crippen LogP contribution is 2.36. The molecule has 0 radical (unpaired) electrons. The molecule has 0 aliphatic carbocycles. The van der Waals surface area contributed by atoms with Gasteiger partial charge in [0, 0.05) is 21.1 Å². The van der Waals surface area contributed by atoms with Crippen molar-refractivity contribution in [2.24, 2.45) is 0 Å². The standard InChI is InChI=1S/C17H22BrNO2/c1-10-8-13-12(7-6-11(2)19-13)16(18)15(10)14(9-20)21-17(3,4)5/h6-8,14,20H,9H2,1-5H3/t14-/m1/s1. The Hall–Kier alpha value is -0.970. The predicted molar refractivity (Wildman–Crippen MR) is 89.6 cm³/mol. The third-order valence-corrected chi connectivity index (χ3v) is 4.15. The summed E-state index contributed by atoms with van der Waals surface area (Å²) in [5.41, 5.74) is 3.68. The summed E-state index contributed by atoms with van der Waals surface area (Å²) in [6.45, 7) is 9.93. The third kappa shape index (κ3) is 3.62. The number of nitrogens with zero attached hydrogens (tertiary/aromatic N) is 1. The summed E-state index contributed by atoms with van der Waals surface area (Å²) in [4.78, 5) is 4.56. The first-order chi connectivity index (χ1) is 9.73. The van der Waals surface area contributed by atoms with Gasteiger partial charge in [-0.1, -0.05) is 0 Å². The Kier molecular flexibility index (Phi) is 4.71. The number of halogens is 1. The normalized spacial score (nSPS) is 13.7. The van der Waals surface area contributed by atoms with E-state index in [-0.39, 0.29) is 18.3 Å². The summed E-state index contributed by atoms with van der Waals surface area (Å²) in [5.74, 6) is 0. The summed E-state index contributed by atoms with van der Waals surface area (Å²) in [5, 5.41) is 10.8. The molecule has 114 valence electrons. The second kappa shape index (κ2) is 6.03. The Morgan fingerprint density at radius 3 is 2.52 bits per heavy atom. The number of hydrogen-bond acceptors (Lipinski definition) is 3. The number of aryl methyl sites for hydroxylation is 2. The van der Waals surface area contributed by atoms with E-state index >= 15 is 0 Å². The molecule has 3 nitrogen and oxygen atoms in total. The summed E-state index contributed by atoms with van der Waals surface area (Å²) < 4.78 is 6.96. The number of fused-ring (bicyclic) bond motifs is 1. The Labute approximate surface area is 134 Å². The summed E-state index contributed by atoms with van der Waals surface area (Å²) >= 11 is 3.68. The lowest BCUT2D eigenvalue weighted by atomic mass is 9.99. The molecule has 1 heterocycles. The molecule has 1 aromatic carbocycles. The first-order valence-corrected chi connectivity index (χ1v) is 7.87. The van der Waals surface area contributed by atoms with Crippen LogP contribution in [0.2, 0.25) is 0 Å². The van der Waals surface area contributed by atoms with Gasteiger partial charge in [0.15, 0.2) is 0 Å². The van der Waals surface area contributed by atoms with Gasteiger partial charge in [0.05, 0.1) is 17.7 Å². The molecule has 21 heavy (non-hydrogen) atoms. The van der Waals surface area contributed by atoms with Crippen LogP contribution in [-0.2, 0) is 4.74 Å². The average Bonchev–Trinajstić information content (AvgIpc) is 2.35. The topological polar surface area (TPSA) is 42.4 Å². The van der Waals surface area contributed by atoms with Gasteiger partial charge in [-0.2, -0.15) is 0 Å². The molecule has 0 unspecified atom stereocenters. The van der Waals surface area contributed by atoms with Crippen LogP contribution in [0.3, 0.4) is 0 Å². The van der Waals surface area contributed by atoms with Gasteiger partial charge in [-0.3, -0.25) is 4.98 Å². The van der Waals surface area contributed by atoms with Crippen molar-refractivity contribution in [1.82, 2.24) is 4.98 Å². The molecule has 0 aliphatic rings. The van der Waals surface area contributed by atoms with E-state index in [0.29, 0.717) is 0 Å². The minimum atomic E-state index is -0.356. The molecule has 0 fully saturated rings. The Morgan fingerprint density at radius 1 is 1.29 bits per heavy atom. The zero-order valence-electron chi connectivity index (χ0n) is 13.2. The molecular weight excluding hydrogens is 330 g/mol. The zero-order valence-corrected chi connectivity index (χ0v) is 14.8. The van der Waals surface area contributed by atoms with Crippen LogP contribution in [0.1, 0.15) is 43.7 Å². The molecule has 1 atom stereocenters. The molecule has 4 heteroatoms. The van der Waals surface area contributed by atoms with E-state index in [1.807, 2.05) is 40.7 Å². The number of aromatic nitrogens is 1. The van der Waals surface area contributed by atoms with E-state index in [9.17, 15) is 5.11 Å². The van der Waals surface area contributed by atoms with Crippen LogP contribution < -0.4 is 0 Å². The van der Waals surface area contributed by atoms with Crippen molar-refractivity contribution >= 4 is 26.8 Å². The maximum atomic E-state index is 9.75. The lowest BCUT2D eigenvalue weighted by molar-refractivity contribution is -0.0827. The van der Waals surface area contributed by atoms with Crippen LogP contribution in [0.25, 0.3) is 10.9 Å². The molecule has 0 bridgehead atoms. The second-order valence-electron chi connectivity index (χ2n) is 6.34. The first kappa shape index (κ1) is 16.4. The van der Waals surface area contributed by atoms with Gasteiger partial charge in [-0.05, 0) is 74.3 Å². The summed E-state index contributed by atoms with van der Waals surface area (Å²) in [6, 6.07) is 6.10. The molecule has 2 aromatic rings. The van der Waals surface area contributed by atoms with Crippen LogP contribution in [-0.4, -0.2) is 22.3 Å². The average molecular weight is 352 g/mol. The molecular formula is C17H22BrNO2. The number of rotatable bonds is 3. The molecule has 0 spiro atoms. The Balaban J connectivity index is 2.60. The molecule has 0 aliphatic heterocycles. The van der Waals surface area contributed by atoms with Crippen LogP contribution in [0.15, 0.2) is 22.7 Å². The van der Waals surface area contributed by atoms with Crippen molar-refractivity contribution in [3.63, 3.8) is 0 Å². The van der Waals surface area contributed by atoms with E-state index in [4.69, 9.17) is 4.74 Å². The Bertz CT molecular complexity index is 662. The molecule has 1 aromatic heterocycles. The van der Waals surface area contributed by atoms with Crippen molar-refractivity contribution in [3.05, 3.63) is 39.5 Å². The molecule has 2 rings (SSSR count). The third-order valence-electron chi connectivity index (χ3n) is 3.30. The van der Waals surface area contributed by atoms with Gasteiger partial charge in [0.1, 0.15) is 6.10 Å². The lowest BCUT2D eigenvalue weighted by Crippen LogP contribution is -2.25. The fourth-order valence-electron chi connectivity index (χ4n) is 2.48. The SMILES string of the molecule is Cc1ccc2c(Br)c([C@@H](CO)OC(C)(C)C)c(C)cc2n1. The van der Waals surface area contributed by atoms with Crippen LogP contribution >= 0.6 is 15.9 Å². The zero-order chi connectivity index (χ0) is 15.8. The predicted octanol–water partition coefficient (Wildman–Crippen LogP) is 4.46. The van der Waals surface area contributed by atoms with Crippen molar-refractivity contribution < 1.29 is 9.84 Å². The van der Waals surface area contributed by atoms with Gasteiger partial charge < -0.3 is 9.84 Å². The summed E-state index contributed by atoms with van der Waals surface area (Å²) in [6.07, 6.45) is -0.356. The van der Waals surface area contributed by atoms with Gasteiger partial charge in [0.25, 0.3) is 0 Å². The largest absolute Gasteiger partial charge is 0.393 e. The minimum absolute atomic E-state index is 0.0541. The second-order valence-corrected chi connectivity index (χ2v) is 7.13. The van der Waals surface area contributed by atoms with Gasteiger partial charge in [-0.25, -0.2) is 0 Å². The number of aliphatic hydroxyl groups excluding tert-OH is 1. The van der Waals surface area contributed by atoms with E-state index in [1.54, 1.807) is 0 Å². The van der Waals surface area contributed by atoms with Crippen molar-refractivity contribution in [2.45, 2.75) is 46.3 Å². The smallest absolute Gasteiger partial charge is 0.108 e. The number of benzene rings is 1. The monoisotopic (exact) mass is 351 g/mol. The van der Waals surface area contributed by atoms with E-state index < -0.39 is 0 Å². The first-order valence-electron chi connectivity index (χ1n) is 7.08. The van der Waals surface area contributed by atoms with Gasteiger partial charge in [-0.15, -0.1) is 0 Å². The van der Waals surface area contributed by atoms with Crippen molar-refractivity contribution in [1.29, 1.82) is 0 Å². The highest BCUT2D eigenvalue weighted by molar-refractivity contribution is 9.10. The minimum Gasteiger partial charge on any atom is -0.393 e. The summed E-state index contributed by atoms with van der Waals surface area (Å²) in [7, 11) is 0. The van der Waals surface area contributed by atoms with Gasteiger partial charge >= 0.3 is 0 Å². The molecule has 0 saturated heterocycles. The van der Waals surface area contributed by atoms with E-state index in [0.717, 1.165) is 32.2 Å². The van der Waals surface area contributed by atoms with Crippen molar-refractivity contribution in [3.8, 4) is 0 Å². The molecule has 1 N–H and O–H groups in total. The molecule has 0 saturated carbocycles. The van der Waals surface area contributed by atoms with Crippen LogP contribution in [0.5, 0.6) is 0 Å². The fraction of sp³-hybridized carbons (Fsp3) is 0.471. The quantitative estimate of drug-likeness (QED) is 0.887. The fourth-order valence-corrected chi connectivity index (χ4v) is 3.39. The number of aliphatic hydroxyl groups is 1. The lowest BCUT2D eigenvalue weighted by Gasteiger charge is -2.28. The van der Waals surface area contributed by atoms with E-state index in [2.05, 4.69) is 33.0 Å². The van der Waals surface area contributed by atoms with Crippen molar-refractivity contribution in [2.75, 3.05) is 6.61 Å². The van der Waals surface area contributed by atoms with Crippen LogP contribution in [0.4, 0.5) is 0 Å². The van der Waals surface area contributed by atoms with E-state index in [1.165, 1.54) is 0 Å². The highest BCUT2D eigenvalue weighted by atomic mass is 79.9. The highest BCUT2D eigenvalue weighted by Gasteiger charge is 2.24. The maximum absolute atomic E-state index is 9.75. The number of pyridine rings is 1. The molecule has 0 amide bonds. The Morgan fingerprint density at radius 2 is 1.95 bits per heavy atom. The van der Waals surface area contributed by atoms with Crippen LogP contribution in [0, 0.1) is 13.8 Å². The number of ether oxygens (including phenoxy) is 1.